The molecule has 3 aliphatic rings. The molecule has 0 saturated carbocycles. The smallest absolute Gasteiger partial charge is 0.338 e. The van der Waals surface area contributed by atoms with E-state index in [0.29, 0.717) is 12.2 Å². The molecule has 0 aromatic heterocycles. The van der Waals surface area contributed by atoms with Gasteiger partial charge in [-0.1, -0.05) is 18.2 Å². The summed E-state index contributed by atoms with van der Waals surface area (Å²) in [6, 6.07) is 20.4. The SMILES string of the molecule is CCN(CC)c1ccc2c(-c3ccccc3C(=O)OCC3CO3)c3ccc(=[N+](CC)CC)cc-3oc2c1. The van der Waals surface area contributed by atoms with E-state index in [1.807, 2.05) is 24.3 Å². The molecule has 37 heavy (non-hydrogen) atoms. The van der Waals surface area contributed by atoms with Gasteiger partial charge in [-0.25, -0.2) is 9.37 Å². The molecule has 1 unspecified atom stereocenters. The third-order valence-corrected chi connectivity index (χ3v) is 7.17. The summed E-state index contributed by atoms with van der Waals surface area (Å²) in [5.74, 6) is 0.450. The molecule has 1 atom stereocenters. The number of hydrogen-bond acceptors (Lipinski definition) is 5. The van der Waals surface area contributed by atoms with Crippen molar-refractivity contribution in [3.63, 3.8) is 0 Å². The minimum Gasteiger partial charge on any atom is -0.459 e. The summed E-state index contributed by atoms with van der Waals surface area (Å²) < 4.78 is 19.7. The van der Waals surface area contributed by atoms with Crippen molar-refractivity contribution in [1.82, 2.24) is 4.58 Å². The second kappa shape index (κ2) is 10.8. The zero-order valence-electron chi connectivity index (χ0n) is 22.1. The standard InChI is InChI=1S/C31H35N2O4/c1-5-32(6-2)21-13-15-26-28(17-21)37-29-18-22(33(7-3)8-4)14-16-27(29)30(26)24-11-9-10-12-25(24)31(34)36-20-23-19-35-23/h9-18,23H,5-8,19-20H2,1-4H3/q+1. The fraction of sp³-hybridized carbons (Fsp3) is 0.355. The molecule has 2 aromatic rings. The van der Waals surface area contributed by atoms with E-state index in [9.17, 15) is 4.79 Å². The third kappa shape index (κ3) is 4.98. The molecular weight excluding hydrogens is 464 g/mol. The molecule has 2 heterocycles. The maximum Gasteiger partial charge on any atom is 0.338 e. The number of fused-ring (bicyclic) bond motifs is 2. The Labute approximate surface area is 218 Å². The lowest BCUT2D eigenvalue weighted by molar-refractivity contribution is 0.0477. The first-order valence-corrected chi connectivity index (χ1v) is 13.3. The highest BCUT2D eigenvalue weighted by Crippen LogP contribution is 2.42. The average Bonchev–Trinajstić information content (AvgIpc) is 3.76. The molecular formula is C31H35N2O4+. The number of nitrogens with zero attached hydrogens (tertiary/aromatic N) is 2. The largest absolute Gasteiger partial charge is 0.459 e. The number of carbonyl (C=O) groups excluding carboxylic acids is 1. The Balaban J connectivity index is 1.77. The number of esters is 1. The van der Waals surface area contributed by atoms with Crippen molar-refractivity contribution >= 4 is 22.6 Å². The number of hydrogen-bond donors (Lipinski definition) is 0. The average molecular weight is 500 g/mol. The Morgan fingerprint density at radius 2 is 1.73 bits per heavy atom. The lowest BCUT2D eigenvalue weighted by Crippen LogP contribution is -2.29. The molecule has 0 spiro atoms. The van der Waals surface area contributed by atoms with Gasteiger partial charge in [-0.05, 0) is 57.5 Å². The normalized spacial score (nSPS) is 14.6. The van der Waals surface area contributed by atoms with Gasteiger partial charge in [0.25, 0.3) is 0 Å². The van der Waals surface area contributed by atoms with Crippen LogP contribution in [0.5, 0.6) is 0 Å². The molecule has 0 bridgehead atoms. The van der Waals surface area contributed by atoms with Crippen molar-refractivity contribution in [2.24, 2.45) is 0 Å². The molecule has 0 N–H and O–H groups in total. The van der Waals surface area contributed by atoms with E-state index in [4.69, 9.17) is 13.9 Å². The van der Waals surface area contributed by atoms with Crippen molar-refractivity contribution in [3.05, 3.63) is 71.6 Å². The summed E-state index contributed by atoms with van der Waals surface area (Å²) in [6.07, 6.45) is 0.0188. The highest BCUT2D eigenvalue weighted by molar-refractivity contribution is 6.08. The molecule has 6 nitrogen and oxygen atoms in total. The number of benzene rings is 3. The maximum atomic E-state index is 13.2. The fourth-order valence-electron chi connectivity index (χ4n) is 5.02. The van der Waals surface area contributed by atoms with Crippen molar-refractivity contribution in [2.45, 2.75) is 33.8 Å². The van der Waals surface area contributed by atoms with Gasteiger partial charge in [0, 0.05) is 47.4 Å². The van der Waals surface area contributed by atoms with Gasteiger partial charge in [0.1, 0.15) is 37.1 Å². The monoisotopic (exact) mass is 499 g/mol. The Morgan fingerprint density at radius 3 is 2.43 bits per heavy atom. The Morgan fingerprint density at radius 1 is 0.973 bits per heavy atom. The molecule has 5 rings (SSSR count). The van der Waals surface area contributed by atoms with Gasteiger partial charge in [-0.2, -0.15) is 0 Å². The van der Waals surface area contributed by atoms with Crippen molar-refractivity contribution < 1.29 is 18.7 Å². The molecule has 6 heteroatoms. The van der Waals surface area contributed by atoms with Crippen LogP contribution in [-0.2, 0) is 9.47 Å². The Kier molecular flexibility index (Phi) is 7.28. The number of carbonyl (C=O) groups is 1. The van der Waals surface area contributed by atoms with E-state index in [1.165, 1.54) is 0 Å². The summed E-state index contributed by atoms with van der Waals surface area (Å²) in [5, 5.41) is 2.08. The van der Waals surface area contributed by atoms with E-state index in [0.717, 1.165) is 70.6 Å². The molecule has 192 valence electrons. The van der Waals surface area contributed by atoms with E-state index in [2.05, 4.69) is 73.6 Å². The van der Waals surface area contributed by atoms with Crippen LogP contribution in [0.15, 0.2) is 65.1 Å². The van der Waals surface area contributed by atoms with Crippen LogP contribution in [-0.4, -0.2) is 51.5 Å². The maximum absolute atomic E-state index is 13.2. The first-order chi connectivity index (χ1) is 18.1. The highest BCUT2D eigenvalue weighted by atomic mass is 16.6. The van der Waals surface area contributed by atoms with E-state index >= 15 is 0 Å². The number of anilines is 1. The summed E-state index contributed by atoms with van der Waals surface area (Å²) in [4.78, 5) is 15.5. The van der Waals surface area contributed by atoms with Gasteiger partial charge >= 0.3 is 5.97 Å². The van der Waals surface area contributed by atoms with E-state index < -0.39 is 0 Å². The molecule has 2 aliphatic heterocycles. The lowest BCUT2D eigenvalue weighted by Gasteiger charge is -2.22. The molecule has 1 fully saturated rings. The third-order valence-electron chi connectivity index (χ3n) is 7.17. The van der Waals surface area contributed by atoms with Gasteiger partial charge in [-0.15, -0.1) is 0 Å². The van der Waals surface area contributed by atoms with Crippen LogP contribution in [0.4, 0.5) is 5.69 Å². The zero-order chi connectivity index (χ0) is 25.9. The zero-order valence-corrected chi connectivity index (χ0v) is 22.1. The summed E-state index contributed by atoms with van der Waals surface area (Å²) in [7, 11) is 0. The van der Waals surface area contributed by atoms with Gasteiger partial charge in [0.05, 0.1) is 18.2 Å². The number of rotatable bonds is 9. The van der Waals surface area contributed by atoms with Gasteiger partial charge in [-0.3, -0.25) is 0 Å². The molecule has 1 saturated heterocycles. The summed E-state index contributed by atoms with van der Waals surface area (Å²) >= 11 is 0. The van der Waals surface area contributed by atoms with Crippen LogP contribution in [0.1, 0.15) is 38.1 Å². The van der Waals surface area contributed by atoms with Crippen LogP contribution < -0.4 is 14.8 Å². The first kappa shape index (κ1) is 25.0. The molecule has 0 amide bonds. The number of ether oxygens (including phenoxy) is 2. The van der Waals surface area contributed by atoms with Crippen molar-refractivity contribution in [3.8, 4) is 22.5 Å². The van der Waals surface area contributed by atoms with Crippen LogP contribution in [0.3, 0.4) is 0 Å². The summed E-state index contributed by atoms with van der Waals surface area (Å²) in [6.45, 7) is 13.2. The van der Waals surface area contributed by atoms with Crippen LogP contribution in [0.25, 0.3) is 33.4 Å². The first-order valence-electron chi connectivity index (χ1n) is 13.3. The quantitative estimate of drug-likeness (QED) is 0.133. The Hall–Kier alpha value is -3.64. The second-order valence-electron chi connectivity index (χ2n) is 9.28. The van der Waals surface area contributed by atoms with Gasteiger partial charge in [0.2, 0.25) is 5.36 Å². The summed E-state index contributed by atoms with van der Waals surface area (Å²) in [5.41, 5.74) is 5.22. The van der Waals surface area contributed by atoms with Crippen LogP contribution >= 0.6 is 0 Å². The molecule has 2 aromatic carbocycles. The van der Waals surface area contributed by atoms with Gasteiger partial charge < -0.3 is 18.8 Å². The topological polar surface area (TPSA) is 58.2 Å². The fourth-order valence-corrected chi connectivity index (χ4v) is 5.02. The van der Waals surface area contributed by atoms with Crippen LogP contribution in [0, 0.1) is 0 Å². The van der Waals surface area contributed by atoms with Crippen LogP contribution in [0.2, 0.25) is 0 Å². The minimum absolute atomic E-state index is 0.0188. The highest BCUT2D eigenvalue weighted by Gasteiger charge is 2.27. The van der Waals surface area contributed by atoms with Gasteiger partial charge in [0.15, 0.2) is 0 Å². The van der Waals surface area contributed by atoms with E-state index in [1.54, 1.807) is 0 Å². The predicted octanol–water partition coefficient (Wildman–Crippen LogP) is 5.42. The number of epoxide rings is 1. The minimum atomic E-state index is -0.340. The van der Waals surface area contributed by atoms with Crippen molar-refractivity contribution in [1.29, 1.82) is 0 Å². The Bertz CT molecular complexity index is 1460. The second-order valence-corrected chi connectivity index (χ2v) is 9.28. The predicted molar refractivity (Wildman–Crippen MR) is 148 cm³/mol. The lowest BCUT2D eigenvalue weighted by atomic mass is 9.90. The molecule has 0 radical (unpaired) electrons. The molecule has 1 aliphatic carbocycles. The van der Waals surface area contributed by atoms with E-state index in [-0.39, 0.29) is 18.7 Å². The van der Waals surface area contributed by atoms with Crippen molar-refractivity contribution in [2.75, 3.05) is 44.3 Å².